The number of hydrogen-bond donors (Lipinski definition) is 3. The highest BCUT2D eigenvalue weighted by Gasteiger charge is 2.28. The molecule has 0 bridgehead atoms. The fraction of sp³-hybridized carbons (Fsp3) is 0.385. The van der Waals surface area contributed by atoms with Gasteiger partial charge in [-0.1, -0.05) is 0 Å². The molecule has 1 unspecified atom stereocenters. The molecular formula is C13H15N5O6. The predicted octanol–water partition coefficient (Wildman–Crippen LogP) is 0.141. The van der Waals surface area contributed by atoms with E-state index in [0.717, 1.165) is 17.2 Å². The summed E-state index contributed by atoms with van der Waals surface area (Å²) >= 11 is 0. The molecule has 0 radical (unpaired) electrons. The lowest BCUT2D eigenvalue weighted by Crippen LogP contribution is -2.49. The Morgan fingerprint density at radius 2 is 2.08 bits per heavy atom. The number of rotatable bonds is 3. The largest absolute Gasteiger partial charge is 0.465 e. The van der Waals surface area contributed by atoms with E-state index in [2.05, 4.69) is 15.8 Å². The number of carbonyl (C=O) groups is 3. The predicted molar refractivity (Wildman–Crippen MR) is 78.8 cm³/mol. The van der Waals surface area contributed by atoms with Crippen LogP contribution in [0.1, 0.15) is 23.2 Å². The van der Waals surface area contributed by atoms with Crippen molar-refractivity contribution in [2.75, 3.05) is 13.1 Å². The van der Waals surface area contributed by atoms with Crippen LogP contribution in [0.25, 0.3) is 0 Å². The fourth-order valence-corrected chi connectivity index (χ4v) is 2.29. The summed E-state index contributed by atoms with van der Waals surface area (Å²) in [6.07, 6.45) is 1.01. The van der Waals surface area contributed by atoms with Crippen LogP contribution >= 0.6 is 0 Å². The molecule has 1 aromatic rings. The van der Waals surface area contributed by atoms with Gasteiger partial charge >= 0.3 is 11.9 Å². The van der Waals surface area contributed by atoms with Gasteiger partial charge in [-0.2, -0.15) is 0 Å². The van der Waals surface area contributed by atoms with Crippen molar-refractivity contribution in [1.29, 1.82) is 0 Å². The number of aromatic nitrogens is 1. The lowest BCUT2D eigenvalue weighted by atomic mass is 9.98. The average Bonchev–Trinajstić information content (AvgIpc) is 2.59. The first kappa shape index (κ1) is 17.1. The van der Waals surface area contributed by atoms with Crippen LogP contribution in [0.15, 0.2) is 18.3 Å². The fourth-order valence-electron chi connectivity index (χ4n) is 2.29. The zero-order chi connectivity index (χ0) is 17.7. The Morgan fingerprint density at radius 1 is 1.33 bits per heavy atom. The van der Waals surface area contributed by atoms with Crippen LogP contribution in [0.4, 0.5) is 10.6 Å². The molecule has 11 heteroatoms. The standard InChI is InChI=1S/C13H15N5O6/c19-11(8-3-4-10(14-6-8)18(23)24)15-16-12(20)9-2-1-5-17(7-9)13(21)22/h3-4,6,9H,1-2,5,7H2,(H,15,19)(H,16,20)(H,21,22). The lowest BCUT2D eigenvalue weighted by Gasteiger charge is -2.29. The van der Waals surface area contributed by atoms with E-state index < -0.39 is 34.6 Å². The Hall–Kier alpha value is -3.24. The molecule has 2 heterocycles. The van der Waals surface area contributed by atoms with E-state index in [-0.39, 0.29) is 12.1 Å². The second kappa shape index (κ2) is 7.35. The molecule has 1 aliphatic heterocycles. The maximum Gasteiger partial charge on any atom is 0.407 e. The summed E-state index contributed by atoms with van der Waals surface area (Å²) in [6, 6.07) is 2.28. The second-order valence-corrected chi connectivity index (χ2v) is 5.17. The first-order valence-electron chi connectivity index (χ1n) is 7.07. The summed E-state index contributed by atoms with van der Waals surface area (Å²) in [4.78, 5) is 49.2. The van der Waals surface area contributed by atoms with Gasteiger partial charge in [0, 0.05) is 19.2 Å². The van der Waals surface area contributed by atoms with Crippen molar-refractivity contribution in [2.45, 2.75) is 12.8 Å². The van der Waals surface area contributed by atoms with E-state index in [1.165, 1.54) is 6.07 Å². The van der Waals surface area contributed by atoms with Crippen molar-refractivity contribution >= 4 is 23.7 Å². The monoisotopic (exact) mass is 337 g/mol. The number of piperidine rings is 1. The third kappa shape index (κ3) is 4.15. The quantitative estimate of drug-likeness (QED) is 0.523. The van der Waals surface area contributed by atoms with Crippen molar-refractivity contribution < 1.29 is 24.4 Å². The molecule has 128 valence electrons. The minimum atomic E-state index is -1.09. The van der Waals surface area contributed by atoms with Gasteiger partial charge in [0.25, 0.3) is 5.91 Å². The maximum absolute atomic E-state index is 12.0. The molecule has 1 saturated heterocycles. The molecule has 1 fully saturated rings. The maximum atomic E-state index is 12.0. The van der Waals surface area contributed by atoms with E-state index in [4.69, 9.17) is 5.11 Å². The summed E-state index contributed by atoms with van der Waals surface area (Å²) < 4.78 is 0. The van der Waals surface area contributed by atoms with Crippen LogP contribution < -0.4 is 10.9 Å². The van der Waals surface area contributed by atoms with Gasteiger partial charge in [-0.05, 0) is 28.8 Å². The number of hydrogen-bond acceptors (Lipinski definition) is 6. The number of carboxylic acid groups (broad SMARTS) is 1. The number of nitrogens with zero attached hydrogens (tertiary/aromatic N) is 3. The Balaban J connectivity index is 1.87. The van der Waals surface area contributed by atoms with Gasteiger partial charge in [0.2, 0.25) is 5.91 Å². The highest BCUT2D eigenvalue weighted by atomic mass is 16.6. The minimum Gasteiger partial charge on any atom is -0.465 e. The van der Waals surface area contributed by atoms with E-state index in [1.54, 1.807) is 0 Å². The van der Waals surface area contributed by atoms with Crippen molar-refractivity contribution in [2.24, 2.45) is 5.92 Å². The zero-order valence-corrected chi connectivity index (χ0v) is 12.5. The number of nitro groups is 1. The molecule has 1 aromatic heterocycles. The Kier molecular flexibility index (Phi) is 5.24. The molecular weight excluding hydrogens is 322 g/mol. The number of pyridine rings is 1. The van der Waals surface area contributed by atoms with Gasteiger partial charge in [0.05, 0.1) is 11.5 Å². The van der Waals surface area contributed by atoms with Crippen molar-refractivity contribution in [3.63, 3.8) is 0 Å². The van der Waals surface area contributed by atoms with Crippen LogP contribution in [0.2, 0.25) is 0 Å². The molecule has 3 N–H and O–H groups in total. The van der Waals surface area contributed by atoms with E-state index in [1.807, 2.05) is 0 Å². The number of amides is 3. The van der Waals surface area contributed by atoms with Crippen LogP contribution in [-0.2, 0) is 4.79 Å². The summed E-state index contributed by atoms with van der Waals surface area (Å²) in [7, 11) is 0. The SMILES string of the molecule is O=C(NNC(=O)C1CCCN(C(=O)O)C1)c1ccc([N+](=O)[O-])nc1. The van der Waals surface area contributed by atoms with Crippen LogP contribution in [0, 0.1) is 16.0 Å². The van der Waals surface area contributed by atoms with Crippen LogP contribution in [-0.4, -0.2) is 50.9 Å². The van der Waals surface area contributed by atoms with Gasteiger partial charge in [-0.15, -0.1) is 0 Å². The van der Waals surface area contributed by atoms with Gasteiger partial charge in [-0.25, -0.2) is 4.79 Å². The number of likely N-dealkylation sites (tertiary alicyclic amines) is 1. The molecule has 0 aromatic carbocycles. The first-order chi connectivity index (χ1) is 11.4. The topological polar surface area (TPSA) is 155 Å². The summed E-state index contributed by atoms with van der Waals surface area (Å²) in [6.45, 7) is 0.441. The average molecular weight is 337 g/mol. The van der Waals surface area contributed by atoms with E-state index in [0.29, 0.717) is 19.4 Å². The van der Waals surface area contributed by atoms with E-state index in [9.17, 15) is 24.5 Å². The molecule has 3 amide bonds. The first-order valence-corrected chi connectivity index (χ1v) is 7.07. The second-order valence-electron chi connectivity index (χ2n) is 5.17. The van der Waals surface area contributed by atoms with Crippen molar-refractivity contribution in [3.8, 4) is 0 Å². The van der Waals surface area contributed by atoms with Gasteiger partial charge in [0.1, 0.15) is 0 Å². The van der Waals surface area contributed by atoms with E-state index >= 15 is 0 Å². The third-order valence-corrected chi connectivity index (χ3v) is 3.56. The minimum absolute atomic E-state index is 0.0386. The normalized spacial score (nSPS) is 17.0. The molecule has 11 nitrogen and oxygen atoms in total. The van der Waals surface area contributed by atoms with Gasteiger partial charge in [0.15, 0.2) is 6.20 Å². The number of nitrogens with one attached hydrogen (secondary N) is 2. The van der Waals surface area contributed by atoms with Crippen molar-refractivity contribution in [3.05, 3.63) is 34.0 Å². The molecule has 0 saturated carbocycles. The molecule has 1 aliphatic rings. The summed E-state index contributed by atoms with van der Waals surface area (Å²) in [5.74, 6) is -2.13. The van der Waals surface area contributed by atoms with Crippen LogP contribution in [0.3, 0.4) is 0 Å². The number of hydrazine groups is 1. The highest BCUT2D eigenvalue weighted by Crippen LogP contribution is 2.16. The van der Waals surface area contributed by atoms with Gasteiger partial charge < -0.3 is 20.1 Å². The van der Waals surface area contributed by atoms with Crippen LogP contribution in [0.5, 0.6) is 0 Å². The molecule has 1 atom stereocenters. The molecule has 0 aliphatic carbocycles. The highest BCUT2D eigenvalue weighted by molar-refractivity contribution is 5.95. The Labute approximate surface area is 135 Å². The summed E-state index contributed by atoms with van der Waals surface area (Å²) in [5.41, 5.74) is 4.44. The molecule has 0 spiro atoms. The Bertz CT molecular complexity index is 661. The number of carbonyl (C=O) groups excluding carboxylic acids is 2. The molecule has 24 heavy (non-hydrogen) atoms. The van der Waals surface area contributed by atoms with Crippen molar-refractivity contribution in [1.82, 2.24) is 20.7 Å². The Morgan fingerprint density at radius 3 is 2.67 bits per heavy atom. The third-order valence-electron chi connectivity index (χ3n) is 3.56. The lowest BCUT2D eigenvalue weighted by molar-refractivity contribution is -0.389. The summed E-state index contributed by atoms with van der Waals surface area (Å²) in [5, 5.41) is 19.4. The molecule has 2 rings (SSSR count). The smallest absolute Gasteiger partial charge is 0.407 e. The van der Waals surface area contributed by atoms with Gasteiger partial charge in [-0.3, -0.25) is 20.4 Å². The zero-order valence-electron chi connectivity index (χ0n) is 12.5.